The molecule has 2 aromatic rings. The molecule has 0 unspecified atom stereocenters. The van der Waals surface area contributed by atoms with Crippen LogP contribution in [-0.2, 0) is 4.84 Å². The SMILES string of the molecule is CON=O.Cc1ccc2c(C(=O)N(C)C)c[nH]c2c1. The second kappa shape index (κ2) is 6.53. The first-order chi connectivity index (χ1) is 9.01. The van der Waals surface area contributed by atoms with Gasteiger partial charge in [0.25, 0.3) is 5.91 Å². The van der Waals surface area contributed by atoms with Crippen LogP contribution in [0.15, 0.2) is 29.7 Å². The van der Waals surface area contributed by atoms with E-state index in [-0.39, 0.29) is 5.91 Å². The van der Waals surface area contributed by atoms with Crippen LogP contribution in [0.4, 0.5) is 0 Å². The first-order valence-corrected chi connectivity index (χ1v) is 5.66. The molecule has 6 nitrogen and oxygen atoms in total. The lowest BCUT2D eigenvalue weighted by Crippen LogP contribution is -2.21. The molecule has 1 aromatic heterocycles. The lowest BCUT2D eigenvalue weighted by atomic mass is 10.1. The third-order valence-electron chi connectivity index (χ3n) is 2.55. The van der Waals surface area contributed by atoms with E-state index in [0.717, 1.165) is 16.5 Å². The maximum Gasteiger partial charge on any atom is 0.255 e. The minimum Gasteiger partial charge on any atom is -0.367 e. The van der Waals surface area contributed by atoms with E-state index in [1.165, 1.54) is 12.7 Å². The van der Waals surface area contributed by atoms with Gasteiger partial charge in [-0.05, 0) is 18.6 Å². The molecule has 19 heavy (non-hydrogen) atoms. The fraction of sp³-hybridized carbons (Fsp3) is 0.308. The summed E-state index contributed by atoms with van der Waals surface area (Å²) >= 11 is 0. The van der Waals surface area contributed by atoms with Crippen LogP contribution in [0.3, 0.4) is 0 Å². The molecular weight excluding hydrogens is 246 g/mol. The average Bonchev–Trinajstić information content (AvgIpc) is 2.80. The van der Waals surface area contributed by atoms with E-state index in [2.05, 4.69) is 9.82 Å². The summed E-state index contributed by atoms with van der Waals surface area (Å²) in [5.74, 6) is 0.0325. The number of benzene rings is 1. The lowest BCUT2D eigenvalue weighted by molar-refractivity contribution is 0.0829. The molecule has 1 aromatic carbocycles. The first-order valence-electron chi connectivity index (χ1n) is 5.66. The molecule has 0 saturated heterocycles. The van der Waals surface area contributed by atoms with Crippen LogP contribution in [0.5, 0.6) is 0 Å². The van der Waals surface area contributed by atoms with Crippen molar-refractivity contribution >= 4 is 16.8 Å². The number of nitrogens with one attached hydrogen (secondary N) is 1. The van der Waals surface area contributed by atoms with Crippen LogP contribution in [0, 0.1) is 11.8 Å². The number of aromatic amines is 1. The second-order valence-corrected chi connectivity index (χ2v) is 4.21. The van der Waals surface area contributed by atoms with Gasteiger partial charge in [0.15, 0.2) is 5.34 Å². The number of H-pyrrole nitrogens is 1. The van der Waals surface area contributed by atoms with E-state index in [9.17, 15) is 4.79 Å². The molecule has 0 fully saturated rings. The smallest absolute Gasteiger partial charge is 0.255 e. The van der Waals surface area contributed by atoms with E-state index in [0.29, 0.717) is 0 Å². The van der Waals surface area contributed by atoms with Gasteiger partial charge in [-0.2, -0.15) is 0 Å². The van der Waals surface area contributed by atoms with Crippen LogP contribution in [-0.4, -0.2) is 37.0 Å². The molecule has 0 aliphatic rings. The molecule has 0 spiro atoms. The van der Waals surface area contributed by atoms with Crippen molar-refractivity contribution in [3.8, 4) is 0 Å². The number of hydrogen-bond donors (Lipinski definition) is 1. The Bertz CT molecular complexity index is 576. The van der Waals surface area contributed by atoms with Crippen molar-refractivity contribution in [2.24, 2.45) is 5.34 Å². The summed E-state index contributed by atoms with van der Waals surface area (Å²) in [5, 5.41) is 2.97. The summed E-state index contributed by atoms with van der Waals surface area (Å²) in [4.78, 5) is 28.8. The molecular formula is C13H17N3O3. The highest BCUT2D eigenvalue weighted by atomic mass is 16.7. The molecule has 0 atom stereocenters. The summed E-state index contributed by atoms with van der Waals surface area (Å²) in [7, 11) is 4.72. The van der Waals surface area contributed by atoms with E-state index in [1.807, 2.05) is 30.5 Å². The maximum atomic E-state index is 11.8. The zero-order valence-corrected chi connectivity index (χ0v) is 11.4. The van der Waals surface area contributed by atoms with Gasteiger partial charge >= 0.3 is 0 Å². The number of carbonyl (C=O) groups excluding carboxylic acids is 1. The highest BCUT2D eigenvalue weighted by Gasteiger charge is 2.13. The number of fused-ring (bicyclic) bond motifs is 1. The molecule has 0 bridgehead atoms. The summed E-state index contributed by atoms with van der Waals surface area (Å²) in [6.45, 7) is 2.04. The number of rotatable bonds is 2. The van der Waals surface area contributed by atoms with Gasteiger partial charge in [-0.3, -0.25) is 4.79 Å². The Labute approximate surface area is 111 Å². The minimum absolute atomic E-state index is 0.0325. The summed E-state index contributed by atoms with van der Waals surface area (Å²) in [6, 6.07) is 6.04. The van der Waals surface area contributed by atoms with E-state index < -0.39 is 0 Å². The van der Waals surface area contributed by atoms with Crippen molar-refractivity contribution in [2.45, 2.75) is 6.92 Å². The molecule has 0 radical (unpaired) electrons. The number of carbonyl (C=O) groups is 1. The predicted octanol–water partition coefficient (Wildman–Crippen LogP) is 2.49. The maximum absolute atomic E-state index is 11.8. The van der Waals surface area contributed by atoms with Gasteiger partial charge in [0.05, 0.1) is 5.56 Å². The van der Waals surface area contributed by atoms with Crippen LogP contribution in [0.25, 0.3) is 10.9 Å². The topological polar surface area (TPSA) is 74.8 Å². The molecule has 0 saturated carbocycles. The van der Waals surface area contributed by atoms with Crippen molar-refractivity contribution in [3.05, 3.63) is 40.4 Å². The monoisotopic (exact) mass is 263 g/mol. The number of amides is 1. The number of hydrogen-bond acceptors (Lipinski definition) is 4. The van der Waals surface area contributed by atoms with Gasteiger partial charge in [-0.1, -0.05) is 12.1 Å². The second-order valence-electron chi connectivity index (χ2n) is 4.21. The third-order valence-corrected chi connectivity index (χ3v) is 2.55. The van der Waals surface area contributed by atoms with Crippen LogP contribution < -0.4 is 0 Å². The van der Waals surface area contributed by atoms with Gasteiger partial charge in [0, 0.05) is 31.2 Å². The summed E-state index contributed by atoms with van der Waals surface area (Å²) in [5.41, 5.74) is 2.93. The van der Waals surface area contributed by atoms with Crippen molar-refractivity contribution in [1.82, 2.24) is 9.88 Å². The highest BCUT2D eigenvalue weighted by molar-refractivity contribution is 6.06. The predicted molar refractivity (Wildman–Crippen MR) is 73.9 cm³/mol. The van der Waals surface area contributed by atoms with E-state index in [1.54, 1.807) is 25.2 Å². The standard InChI is InChI=1S/C12H14N2O.CH3NO2/c1-8-4-5-9-10(12(15)14(2)3)7-13-11(9)6-8;1-4-2-3/h4-7,13H,1-3H3;1H3. The van der Waals surface area contributed by atoms with Crippen molar-refractivity contribution in [3.63, 3.8) is 0 Å². The van der Waals surface area contributed by atoms with Crippen molar-refractivity contribution in [1.29, 1.82) is 0 Å². The fourth-order valence-corrected chi connectivity index (χ4v) is 1.66. The molecule has 0 aliphatic carbocycles. The van der Waals surface area contributed by atoms with Gasteiger partial charge in [-0.25, -0.2) is 0 Å². The molecule has 6 heteroatoms. The summed E-state index contributed by atoms with van der Waals surface area (Å²) < 4.78 is 0. The number of aryl methyl sites for hydroxylation is 1. The Balaban J connectivity index is 0.000000399. The number of aromatic nitrogens is 1. The van der Waals surface area contributed by atoms with Crippen LogP contribution in [0.2, 0.25) is 0 Å². The Morgan fingerprint density at radius 3 is 2.53 bits per heavy atom. The average molecular weight is 263 g/mol. The zero-order valence-electron chi connectivity index (χ0n) is 11.4. The summed E-state index contributed by atoms with van der Waals surface area (Å²) in [6.07, 6.45) is 1.77. The molecule has 1 amide bonds. The largest absolute Gasteiger partial charge is 0.367 e. The van der Waals surface area contributed by atoms with Gasteiger partial charge in [-0.15, -0.1) is 4.91 Å². The normalized spacial score (nSPS) is 9.47. The molecule has 2 rings (SSSR count). The first kappa shape index (κ1) is 14.7. The van der Waals surface area contributed by atoms with Gasteiger partial charge < -0.3 is 14.7 Å². The Morgan fingerprint density at radius 1 is 1.37 bits per heavy atom. The van der Waals surface area contributed by atoms with E-state index >= 15 is 0 Å². The zero-order chi connectivity index (χ0) is 14.4. The Hall–Kier alpha value is -2.37. The lowest BCUT2D eigenvalue weighted by Gasteiger charge is -2.08. The molecule has 102 valence electrons. The van der Waals surface area contributed by atoms with Gasteiger partial charge in [0.2, 0.25) is 0 Å². The fourth-order valence-electron chi connectivity index (χ4n) is 1.66. The Morgan fingerprint density at radius 2 is 2.00 bits per heavy atom. The molecule has 1 N–H and O–H groups in total. The van der Waals surface area contributed by atoms with Crippen LogP contribution >= 0.6 is 0 Å². The third kappa shape index (κ3) is 3.54. The molecule has 1 heterocycles. The number of nitrogens with zero attached hydrogens (tertiary/aromatic N) is 2. The highest BCUT2D eigenvalue weighted by Crippen LogP contribution is 2.20. The van der Waals surface area contributed by atoms with E-state index in [4.69, 9.17) is 4.91 Å². The minimum atomic E-state index is 0.0325. The Kier molecular flexibility index (Phi) is 5.05. The van der Waals surface area contributed by atoms with Gasteiger partial charge in [0.1, 0.15) is 7.11 Å². The van der Waals surface area contributed by atoms with Crippen molar-refractivity contribution in [2.75, 3.05) is 21.2 Å². The van der Waals surface area contributed by atoms with Crippen LogP contribution in [0.1, 0.15) is 15.9 Å². The quantitative estimate of drug-likeness (QED) is 0.668. The molecule has 0 aliphatic heterocycles. The van der Waals surface area contributed by atoms with Crippen molar-refractivity contribution < 1.29 is 9.63 Å².